The first-order valence-electron chi connectivity index (χ1n) is 6.48. The molecular weight excluding hydrogens is 224 g/mol. The van der Waals surface area contributed by atoms with E-state index in [0.29, 0.717) is 6.04 Å². The van der Waals surface area contributed by atoms with E-state index in [4.69, 9.17) is 0 Å². The summed E-state index contributed by atoms with van der Waals surface area (Å²) in [5.41, 5.74) is 3.66. The molecule has 1 fully saturated rings. The summed E-state index contributed by atoms with van der Waals surface area (Å²) in [7, 11) is 0. The molecule has 0 aromatic carbocycles. The van der Waals surface area contributed by atoms with Crippen molar-refractivity contribution >= 4 is 0 Å². The van der Waals surface area contributed by atoms with Crippen LogP contribution in [0.25, 0.3) is 0 Å². The van der Waals surface area contributed by atoms with Gasteiger partial charge >= 0.3 is 0 Å². The minimum atomic E-state index is 0.467. The van der Waals surface area contributed by atoms with E-state index in [1.165, 1.54) is 24.1 Å². The van der Waals surface area contributed by atoms with E-state index in [1.807, 2.05) is 18.5 Å². The summed E-state index contributed by atoms with van der Waals surface area (Å²) < 4.78 is 0. The standard InChI is InChI=1S/C14H18N4/c1-11-9-16-17-14(11)13-6-4-8-18(13)10-12-5-2-3-7-15-12/h2-3,5,7,9,13H,4,6,8,10H2,1H3,(H,16,17)/t13-/m0/s1. The maximum atomic E-state index is 4.41. The molecule has 1 aliphatic rings. The van der Waals surface area contributed by atoms with Crippen LogP contribution in [0.3, 0.4) is 0 Å². The van der Waals surface area contributed by atoms with Crippen molar-refractivity contribution in [1.82, 2.24) is 20.1 Å². The first kappa shape index (κ1) is 11.4. The third kappa shape index (κ3) is 2.16. The molecule has 1 N–H and O–H groups in total. The van der Waals surface area contributed by atoms with Crippen LogP contribution in [-0.2, 0) is 6.54 Å². The van der Waals surface area contributed by atoms with Crippen molar-refractivity contribution < 1.29 is 0 Å². The van der Waals surface area contributed by atoms with E-state index in [-0.39, 0.29) is 0 Å². The highest BCUT2D eigenvalue weighted by molar-refractivity contribution is 5.19. The Hall–Kier alpha value is -1.68. The van der Waals surface area contributed by atoms with Crippen LogP contribution < -0.4 is 0 Å². The minimum absolute atomic E-state index is 0.467. The Morgan fingerprint density at radius 2 is 2.39 bits per heavy atom. The molecule has 1 atom stereocenters. The van der Waals surface area contributed by atoms with Crippen LogP contribution >= 0.6 is 0 Å². The smallest absolute Gasteiger partial charge is 0.0553 e. The van der Waals surface area contributed by atoms with Crippen molar-refractivity contribution in [2.75, 3.05) is 6.54 Å². The molecule has 18 heavy (non-hydrogen) atoms. The van der Waals surface area contributed by atoms with Crippen molar-refractivity contribution in [2.24, 2.45) is 0 Å². The van der Waals surface area contributed by atoms with Gasteiger partial charge in [0.1, 0.15) is 0 Å². The van der Waals surface area contributed by atoms with Gasteiger partial charge in [0.15, 0.2) is 0 Å². The summed E-state index contributed by atoms with van der Waals surface area (Å²) in [4.78, 5) is 6.90. The molecule has 94 valence electrons. The number of aromatic nitrogens is 3. The summed E-state index contributed by atoms with van der Waals surface area (Å²) >= 11 is 0. The Balaban J connectivity index is 1.78. The molecule has 0 radical (unpaired) electrons. The molecule has 2 aromatic heterocycles. The average Bonchev–Trinajstić information content (AvgIpc) is 2.99. The summed E-state index contributed by atoms with van der Waals surface area (Å²) in [6, 6.07) is 6.57. The number of nitrogens with zero attached hydrogens (tertiary/aromatic N) is 3. The number of rotatable bonds is 3. The molecule has 0 aliphatic carbocycles. The second-order valence-electron chi connectivity index (χ2n) is 4.92. The van der Waals surface area contributed by atoms with Crippen LogP contribution in [0, 0.1) is 6.92 Å². The van der Waals surface area contributed by atoms with Crippen LogP contribution in [0.15, 0.2) is 30.6 Å². The highest BCUT2D eigenvalue weighted by Gasteiger charge is 2.28. The van der Waals surface area contributed by atoms with Crippen LogP contribution in [0.5, 0.6) is 0 Å². The van der Waals surface area contributed by atoms with Gasteiger partial charge in [-0.15, -0.1) is 0 Å². The molecule has 0 spiro atoms. The van der Waals surface area contributed by atoms with E-state index in [1.54, 1.807) is 0 Å². The normalized spacial score (nSPS) is 20.4. The zero-order chi connectivity index (χ0) is 12.4. The van der Waals surface area contributed by atoms with Crippen LogP contribution in [0.2, 0.25) is 0 Å². The summed E-state index contributed by atoms with van der Waals surface area (Å²) in [6.07, 6.45) is 6.22. The number of pyridine rings is 1. The lowest BCUT2D eigenvalue weighted by atomic mass is 10.1. The second-order valence-corrected chi connectivity index (χ2v) is 4.92. The Kier molecular flexibility index (Phi) is 3.11. The first-order valence-corrected chi connectivity index (χ1v) is 6.48. The Morgan fingerprint density at radius 3 is 3.11 bits per heavy atom. The van der Waals surface area contributed by atoms with Gasteiger partial charge in [-0.1, -0.05) is 6.07 Å². The molecular formula is C14H18N4. The predicted octanol–water partition coefficient (Wildman–Crippen LogP) is 2.45. The molecule has 3 heterocycles. The van der Waals surface area contributed by atoms with Gasteiger partial charge in [-0.3, -0.25) is 15.0 Å². The SMILES string of the molecule is Cc1cn[nH]c1[C@@H]1CCCN1Cc1ccccn1. The zero-order valence-corrected chi connectivity index (χ0v) is 10.6. The molecule has 1 saturated heterocycles. The number of hydrogen-bond acceptors (Lipinski definition) is 3. The van der Waals surface area contributed by atoms with Gasteiger partial charge in [-0.25, -0.2) is 0 Å². The number of hydrogen-bond donors (Lipinski definition) is 1. The van der Waals surface area contributed by atoms with Crippen molar-refractivity contribution in [1.29, 1.82) is 0 Å². The lowest BCUT2D eigenvalue weighted by molar-refractivity contribution is 0.241. The third-order valence-electron chi connectivity index (χ3n) is 3.66. The molecule has 2 aromatic rings. The van der Waals surface area contributed by atoms with Gasteiger partial charge in [0, 0.05) is 12.7 Å². The molecule has 0 saturated carbocycles. The lowest BCUT2D eigenvalue weighted by Gasteiger charge is -2.23. The zero-order valence-electron chi connectivity index (χ0n) is 10.6. The maximum Gasteiger partial charge on any atom is 0.0553 e. The van der Waals surface area contributed by atoms with E-state index >= 15 is 0 Å². The van der Waals surface area contributed by atoms with Gasteiger partial charge in [0.25, 0.3) is 0 Å². The van der Waals surface area contributed by atoms with E-state index in [2.05, 4.69) is 39.1 Å². The van der Waals surface area contributed by atoms with Gasteiger partial charge in [0.05, 0.1) is 23.6 Å². The van der Waals surface area contributed by atoms with Crippen LogP contribution in [0.1, 0.15) is 35.8 Å². The molecule has 1 aliphatic heterocycles. The Labute approximate surface area is 107 Å². The highest BCUT2D eigenvalue weighted by atomic mass is 15.2. The Morgan fingerprint density at radius 1 is 1.44 bits per heavy atom. The molecule has 4 heteroatoms. The predicted molar refractivity (Wildman–Crippen MR) is 69.9 cm³/mol. The van der Waals surface area contributed by atoms with E-state index in [0.717, 1.165) is 18.8 Å². The average molecular weight is 242 g/mol. The molecule has 3 rings (SSSR count). The fraction of sp³-hybridized carbons (Fsp3) is 0.429. The number of nitrogens with one attached hydrogen (secondary N) is 1. The highest BCUT2D eigenvalue weighted by Crippen LogP contribution is 2.33. The van der Waals surface area contributed by atoms with Crippen molar-refractivity contribution in [2.45, 2.75) is 32.4 Å². The monoisotopic (exact) mass is 242 g/mol. The largest absolute Gasteiger partial charge is 0.289 e. The number of aryl methyl sites for hydroxylation is 1. The fourth-order valence-electron chi connectivity index (χ4n) is 2.74. The van der Waals surface area contributed by atoms with Gasteiger partial charge in [-0.05, 0) is 44.0 Å². The lowest BCUT2D eigenvalue weighted by Crippen LogP contribution is -2.24. The van der Waals surface area contributed by atoms with Crippen molar-refractivity contribution in [3.8, 4) is 0 Å². The minimum Gasteiger partial charge on any atom is -0.289 e. The van der Waals surface area contributed by atoms with E-state index in [9.17, 15) is 0 Å². The van der Waals surface area contributed by atoms with Crippen LogP contribution in [0.4, 0.5) is 0 Å². The summed E-state index contributed by atoms with van der Waals surface area (Å²) in [5, 5.41) is 7.29. The van der Waals surface area contributed by atoms with Gasteiger partial charge in [-0.2, -0.15) is 5.10 Å². The number of likely N-dealkylation sites (tertiary alicyclic amines) is 1. The van der Waals surface area contributed by atoms with Gasteiger partial charge in [0.2, 0.25) is 0 Å². The first-order chi connectivity index (χ1) is 8.84. The fourth-order valence-corrected chi connectivity index (χ4v) is 2.74. The van der Waals surface area contributed by atoms with Gasteiger partial charge < -0.3 is 0 Å². The second kappa shape index (κ2) is 4.90. The molecule has 0 unspecified atom stereocenters. The summed E-state index contributed by atoms with van der Waals surface area (Å²) in [6.45, 7) is 4.18. The molecule has 0 amide bonds. The number of H-pyrrole nitrogens is 1. The topological polar surface area (TPSA) is 44.8 Å². The molecule has 4 nitrogen and oxygen atoms in total. The number of aromatic amines is 1. The van der Waals surface area contributed by atoms with E-state index < -0.39 is 0 Å². The maximum absolute atomic E-state index is 4.41. The molecule has 0 bridgehead atoms. The van der Waals surface area contributed by atoms with Crippen molar-refractivity contribution in [3.05, 3.63) is 47.5 Å². The quantitative estimate of drug-likeness (QED) is 0.899. The third-order valence-corrected chi connectivity index (χ3v) is 3.66. The summed E-state index contributed by atoms with van der Waals surface area (Å²) in [5.74, 6) is 0. The Bertz CT molecular complexity index is 506. The van der Waals surface area contributed by atoms with Crippen LogP contribution in [-0.4, -0.2) is 26.6 Å². The van der Waals surface area contributed by atoms with Crippen molar-refractivity contribution in [3.63, 3.8) is 0 Å².